The van der Waals surface area contributed by atoms with Crippen molar-refractivity contribution < 1.29 is 43.9 Å². The van der Waals surface area contributed by atoms with E-state index in [2.05, 4.69) is 10.3 Å². The van der Waals surface area contributed by atoms with Gasteiger partial charge in [-0.1, -0.05) is 6.92 Å². The number of hydrogen-bond acceptors (Lipinski definition) is 9. The third-order valence-corrected chi connectivity index (χ3v) is 4.81. The third kappa shape index (κ3) is 8.68. The number of aliphatic hydroxyl groups is 2. The van der Waals surface area contributed by atoms with Crippen molar-refractivity contribution in [3.8, 4) is 0 Å². The Kier molecular flexibility index (Phi) is 12.1. The fraction of sp³-hybridized carbons (Fsp3) is 0.700. The number of nitrogens with one attached hydrogen (secondary N) is 1. The van der Waals surface area contributed by atoms with E-state index in [4.69, 9.17) is 25.7 Å². The Hall–Kier alpha value is -3.10. The molecule has 0 aliphatic carbocycles. The SMILES string of the molecule is CCCOCCN(CC)C(=O)O[C@@H]([C@@H]1OC(C(=O)O)=C[C@H](N=C(N)N)[C@H]1NC(C)=O)[C@H](O)CO. The fourth-order valence-corrected chi connectivity index (χ4v) is 3.26. The second-order valence-electron chi connectivity index (χ2n) is 7.48. The summed E-state index contributed by atoms with van der Waals surface area (Å²) in [6.45, 7) is 5.19. The van der Waals surface area contributed by atoms with Crippen LogP contribution < -0.4 is 16.8 Å². The molecule has 1 aliphatic rings. The summed E-state index contributed by atoms with van der Waals surface area (Å²) < 4.78 is 16.3. The van der Waals surface area contributed by atoms with E-state index in [-0.39, 0.29) is 19.7 Å². The molecule has 0 fully saturated rings. The van der Waals surface area contributed by atoms with Crippen molar-refractivity contribution in [2.75, 3.05) is 32.9 Å². The molecule has 34 heavy (non-hydrogen) atoms. The van der Waals surface area contributed by atoms with E-state index >= 15 is 0 Å². The highest BCUT2D eigenvalue weighted by Crippen LogP contribution is 2.27. The second-order valence-corrected chi connectivity index (χ2v) is 7.48. The molecule has 14 nitrogen and oxygen atoms in total. The highest BCUT2D eigenvalue weighted by Gasteiger charge is 2.46. The van der Waals surface area contributed by atoms with Gasteiger partial charge in [-0.15, -0.1) is 0 Å². The molecule has 14 heteroatoms. The van der Waals surface area contributed by atoms with E-state index in [9.17, 15) is 29.7 Å². The number of guanidine groups is 1. The number of carbonyl (C=O) groups excluding carboxylic acids is 2. The van der Waals surface area contributed by atoms with Gasteiger partial charge >= 0.3 is 12.1 Å². The second kappa shape index (κ2) is 14.2. The predicted octanol–water partition coefficient (Wildman–Crippen LogP) is -1.89. The van der Waals surface area contributed by atoms with Crippen molar-refractivity contribution >= 4 is 23.9 Å². The largest absolute Gasteiger partial charge is 0.477 e. The number of nitrogens with zero attached hydrogens (tertiary/aromatic N) is 2. The van der Waals surface area contributed by atoms with Gasteiger partial charge in [0.05, 0.1) is 25.3 Å². The van der Waals surface area contributed by atoms with Gasteiger partial charge in [-0.25, -0.2) is 14.6 Å². The van der Waals surface area contributed by atoms with E-state index in [1.54, 1.807) is 6.92 Å². The Morgan fingerprint density at radius 1 is 1.29 bits per heavy atom. The Morgan fingerprint density at radius 2 is 1.97 bits per heavy atom. The van der Waals surface area contributed by atoms with Crippen LogP contribution in [-0.4, -0.2) is 107 Å². The lowest BCUT2D eigenvalue weighted by Gasteiger charge is -2.40. The number of aliphatic hydroxyl groups excluding tert-OH is 2. The molecule has 0 aromatic carbocycles. The molecule has 0 radical (unpaired) electrons. The number of likely N-dealkylation sites (N-methyl/N-ethyl adjacent to an activating group) is 1. The first kappa shape index (κ1) is 28.9. The number of carboxylic acid groups (broad SMARTS) is 1. The van der Waals surface area contributed by atoms with Crippen molar-refractivity contribution in [1.82, 2.24) is 10.2 Å². The quantitative estimate of drug-likeness (QED) is 0.0953. The van der Waals surface area contributed by atoms with Gasteiger partial charge in [0, 0.05) is 26.6 Å². The Balaban J connectivity index is 3.30. The molecule has 5 atom stereocenters. The van der Waals surface area contributed by atoms with E-state index in [0.717, 1.165) is 12.5 Å². The summed E-state index contributed by atoms with van der Waals surface area (Å²) in [5.74, 6) is -3.02. The average Bonchev–Trinajstić information content (AvgIpc) is 2.77. The first-order chi connectivity index (χ1) is 16.0. The molecule has 2 amide bonds. The maximum Gasteiger partial charge on any atom is 0.410 e. The average molecular weight is 490 g/mol. The Labute approximate surface area is 197 Å². The molecule has 0 saturated carbocycles. The lowest BCUT2D eigenvalue weighted by Crippen LogP contribution is -2.61. The summed E-state index contributed by atoms with van der Waals surface area (Å²) in [4.78, 5) is 41.6. The first-order valence-electron chi connectivity index (χ1n) is 10.8. The number of hydrogen-bond donors (Lipinski definition) is 6. The molecular weight excluding hydrogens is 454 g/mol. The molecule has 0 spiro atoms. The maximum absolute atomic E-state index is 12.8. The highest BCUT2D eigenvalue weighted by atomic mass is 16.6. The van der Waals surface area contributed by atoms with Crippen molar-refractivity contribution in [3.63, 3.8) is 0 Å². The molecule has 1 aliphatic heterocycles. The third-order valence-electron chi connectivity index (χ3n) is 4.81. The highest BCUT2D eigenvalue weighted by molar-refractivity contribution is 5.85. The van der Waals surface area contributed by atoms with Crippen molar-refractivity contribution in [2.45, 2.75) is 57.6 Å². The molecule has 0 unspecified atom stereocenters. The van der Waals surface area contributed by atoms with Gasteiger partial charge in [-0.2, -0.15) is 0 Å². The smallest absolute Gasteiger partial charge is 0.410 e. The zero-order valence-electron chi connectivity index (χ0n) is 19.5. The van der Waals surface area contributed by atoms with E-state index in [1.165, 1.54) is 11.8 Å². The van der Waals surface area contributed by atoms with E-state index < -0.39 is 66.7 Å². The van der Waals surface area contributed by atoms with Crippen LogP contribution in [0.25, 0.3) is 0 Å². The van der Waals surface area contributed by atoms with Gasteiger partial charge in [-0.3, -0.25) is 4.79 Å². The number of carbonyl (C=O) groups is 3. The van der Waals surface area contributed by atoms with E-state index in [1.807, 2.05) is 6.92 Å². The molecule has 0 bridgehead atoms. The summed E-state index contributed by atoms with van der Waals surface area (Å²) in [6, 6.07) is -2.28. The zero-order valence-corrected chi connectivity index (χ0v) is 19.5. The van der Waals surface area contributed by atoms with Crippen molar-refractivity contribution in [2.24, 2.45) is 16.5 Å². The minimum Gasteiger partial charge on any atom is -0.477 e. The number of rotatable bonds is 13. The summed E-state index contributed by atoms with van der Waals surface area (Å²) in [6.07, 6.45) is -3.73. The summed E-state index contributed by atoms with van der Waals surface area (Å²) in [7, 11) is 0. The fourth-order valence-electron chi connectivity index (χ4n) is 3.26. The topological polar surface area (TPSA) is 219 Å². The van der Waals surface area contributed by atoms with Crippen LogP contribution in [0.3, 0.4) is 0 Å². The van der Waals surface area contributed by atoms with Gasteiger partial charge in [0.2, 0.25) is 11.7 Å². The minimum absolute atomic E-state index is 0.189. The van der Waals surface area contributed by atoms with Crippen molar-refractivity contribution in [3.05, 3.63) is 11.8 Å². The monoisotopic (exact) mass is 489 g/mol. The van der Waals surface area contributed by atoms with Crippen LogP contribution in [0.4, 0.5) is 4.79 Å². The van der Waals surface area contributed by atoms with Crippen LogP contribution in [0.1, 0.15) is 27.2 Å². The zero-order chi connectivity index (χ0) is 25.8. The Bertz CT molecular complexity index is 757. The standard InChI is InChI=1S/C20H35N5O9/c1-4-7-32-8-6-25(5-2)20(31)34-16(13(28)10-26)17-15(23-11(3)27)12(24-19(21)22)9-14(33-17)18(29)30/h9,12-13,15-17,26,28H,4-8,10H2,1-3H3,(H,23,27)(H,29,30)(H4,21,22,24)/t12-,13+,15+,16+,17+/m0/s1. The van der Waals surface area contributed by atoms with Crippen LogP contribution in [0.15, 0.2) is 16.8 Å². The molecule has 0 saturated heterocycles. The van der Waals surface area contributed by atoms with Crippen LogP contribution in [-0.2, 0) is 23.8 Å². The molecule has 0 aromatic heterocycles. The molecule has 8 N–H and O–H groups in total. The van der Waals surface area contributed by atoms with Crippen LogP contribution in [0.5, 0.6) is 0 Å². The number of amides is 2. The summed E-state index contributed by atoms with van der Waals surface area (Å²) in [5, 5.41) is 32.0. The number of aliphatic carboxylic acids is 1. The lowest BCUT2D eigenvalue weighted by molar-refractivity contribution is -0.146. The van der Waals surface area contributed by atoms with Gasteiger partial charge in [-0.05, 0) is 19.4 Å². The number of aliphatic imine (C=N–C) groups is 1. The van der Waals surface area contributed by atoms with Gasteiger partial charge in [0.1, 0.15) is 6.10 Å². The Morgan fingerprint density at radius 3 is 2.47 bits per heavy atom. The van der Waals surface area contributed by atoms with Gasteiger partial charge < -0.3 is 51.2 Å². The minimum atomic E-state index is -1.69. The number of carboxylic acids is 1. The molecular formula is C20H35N5O9. The lowest BCUT2D eigenvalue weighted by atomic mass is 9.92. The molecule has 1 heterocycles. The normalized spacial score (nSPS) is 21.3. The van der Waals surface area contributed by atoms with Crippen LogP contribution >= 0.6 is 0 Å². The molecule has 194 valence electrons. The summed E-state index contributed by atoms with van der Waals surface area (Å²) >= 11 is 0. The van der Waals surface area contributed by atoms with E-state index in [0.29, 0.717) is 6.61 Å². The summed E-state index contributed by atoms with van der Waals surface area (Å²) in [5.41, 5.74) is 10.9. The van der Waals surface area contributed by atoms with Crippen LogP contribution in [0.2, 0.25) is 0 Å². The molecule has 0 aromatic rings. The maximum atomic E-state index is 12.8. The van der Waals surface area contributed by atoms with Crippen molar-refractivity contribution in [1.29, 1.82) is 0 Å². The first-order valence-corrected chi connectivity index (χ1v) is 10.8. The van der Waals surface area contributed by atoms with Gasteiger partial charge in [0.15, 0.2) is 18.2 Å². The number of ether oxygens (including phenoxy) is 3. The van der Waals surface area contributed by atoms with Crippen LogP contribution in [0, 0.1) is 0 Å². The number of nitrogens with two attached hydrogens (primary N) is 2. The molecule has 1 rings (SSSR count). The van der Waals surface area contributed by atoms with Gasteiger partial charge in [0.25, 0.3) is 0 Å². The predicted molar refractivity (Wildman–Crippen MR) is 120 cm³/mol.